The van der Waals surface area contributed by atoms with Gasteiger partial charge in [0.15, 0.2) is 0 Å². The molecule has 4 aromatic carbocycles. The third-order valence-electron chi connectivity index (χ3n) is 6.24. The second kappa shape index (κ2) is 10.2. The van der Waals surface area contributed by atoms with Gasteiger partial charge in [0.25, 0.3) is 17.7 Å². The number of nitrogens with one attached hydrogen (secondary N) is 2. The molecule has 0 bridgehead atoms. The first-order valence-corrected chi connectivity index (χ1v) is 11.5. The predicted octanol–water partition coefficient (Wildman–Crippen LogP) is 4.75. The molecular formula is C29H28N4O4. The van der Waals surface area contributed by atoms with Gasteiger partial charge in [-0.05, 0) is 55.2 Å². The minimum atomic E-state index is -0.687. The van der Waals surface area contributed by atoms with Gasteiger partial charge < -0.3 is 10.2 Å². The summed E-state index contributed by atoms with van der Waals surface area (Å²) in [6.07, 6.45) is 0. The van der Waals surface area contributed by atoms with Crippen molar-refractivity contribution in [2.45, 2.75) is 7.43 Å². The zero-order valence-corrected chi connectivity index (χ0v) is 19.9. The molecule has 188 valence electrons. The molecule has 0 unspecified atom stereocenters. The van der Waals surface area contributed by atoms with E-state index in [1.165, 1.54) is 4.90 Å². The van der Waals surface area contributed by atoms with Crippen LogP contribution in [0, 0.1) is 0 Å². The first-order valence-electron chi connectivity index (χ1n) is 11.5. The van der Waals surface area contributed by atoms with Crippen molar-refractivity contribution in [2.24, 2.45) is 0 Å². The topological polar surface area (TPSA) is 98.8 Å². The van der Waals surface area contributed by atoms with Crippen LogP contribution in [-0.4, -0.2) is 60.7 Å². The summed E-state index contributed by atoms with van der Waals surface area (Å²) in [5.74, 6) is -1.20. The molecule has 0 aromatic heterocycles. The highest BCUT2D eigenvalue weighted by molar-refractivity contribution is 6.31. The van der Waals surface area contributed by atoms with E-state index in [0.717, 1.165) is 5.39 Å². The molecule has 1 aliphatic heterocycles. The lowest BCUT2D eigenvalue weighted by atomic mass is 9.89. The number of hydrogen-bond acceptors (Lipinski definition) is 5. The van der Waals surface area contributed by atoms with Gasteiger partial charge in [-0.15, -0.1) is 0 Å². The van der Waals surface area contributed by atoms with E-state index in [-0.39, 0.29) is 25.8 Å². The van der Waals surface area contributed by atoms with Crippen molar-refractivity contribution in [1.82, 2.24) is 15.1 Å². The molecule has 0 spiro atoms. The largest absolute Gasteiger partial charge is 0.326 e. The smallest absolute Gasteiger partial charge is 0.308 e. The van der Waals surface area contributed by atoms with Crippen molar-refractivity contribution in [3.63, 3.8) is 0 Å². The van der Waals surface area contributed by atoms with Gasteiger partial charge in [0, 0.05) is 35.0 Å². The SMILES string of the molecule is C.CN(C)CCN1C(=O)c2cccc3cc4c(NC(=O)NC(=O)c5ccccc5)cccc4c(c23)C1=O. The predicted molar refractivity (Wildman–Crippen MR) is 145 cm³/mol. The second-order valence-corrected chi connectivity index (χ2v) is 8.90. The lowest BCUT2D eigenvalue weighted by Crippen LogP contribution is -2.43. The van der Waals surface area contributed by atoms with Gasteiger partial charge in [0.05, 0.1) is 11.3 Å². The van der Waals surface area contributed by atoms with Crippen molar-refractivity contribution in [3.8, 4) is 0 Å². The van der Waals surface area contributed by atoms with E-state index in [1.54, 1.807) is 60.7 Å². The van der Waals surface area contributed by atoms with Crippen molar-refractivity contribution in [2.75, 3.05) is 32.5 Å². The van der Waals surface area contributed by atoms with E-state index in [1.807, 2.05) is 31.1 Å². The number of likely N-dealkylation sites (N-methyl/N-ethyl adjacent to an activating group) is 1. The van der Waals surface area contributed by atoms with Crippen molar-refractivity contribution < 1.29 is 19.2 Å². The van der Waals surface area contributed by atoms with E-state index in [2.05, 4.69) is 10.6 Å². The van der Waals surface area contributed by atoms with Crippen LogP contribution < -0.4 is 10.6 Å². The summed E-state index contributed by atoms with van der Waals surface area (Å²) in [7, 11) is 3.77. The fourth-order valence-corrected chi connectivity index (χ4v) is 4.50. The number of rotatable bonds is 5. The Morgan fingerprint density at radius 1 is 0.865 bits per heavy atom. The van der Waals surface area contributed by atoms with Crippen molar-refractivity contribution in [1.29, 1.82) is 0 Å². The number of anilines is 1. The number of carbonyl (C=O) groups is 4. The van der Waals surface area contributed by atoms with Crippen molar-refractivity contribution in [3.05, 3.63) is 89.5 Å². The third-order valence-corrected chi connectivity index (χ3v) is 6.24. The molecule has 8 heteroatoms. The summed E-state index contributed by atoms with van der Waals surface area (Å²) in [6.45, 7) is 0.800. The molecule has 5 rings (SSSR count). The van der Waals surface area contributed by atoms with Crippen LogP contribution in [0.2, 0.25) is 0 Å². The van der Waals surface area contributed by atoms with Gasteiger partial charge >= 0.3 is 6.03 Å². The molecule has 0 radical (unpaired) electrons. The van der Waals surface area contributed by atoms with E-state index in [0.29, 0.717) is 45.1 Å². The molecule has 0 atom stereocenters. The molecule has 5 amide bonds. The Balaban J connectivity index is 0.00000320. The maximum atomic E-state index is 13.6. The molecule has 0 saturated carbocycles. The summed E-state index contributed by atoms with van der Waals surface area (Å²) >= 11 is 0. The van der Waals surface area contributed by atoms with Crippen LogP contribution in [0.4, 0.5) is 10.5 Å². The highest BCUT2D eigenvalue weighted by Gasteiger charge is 2.34. The van der Waals surface area contributed by atoms with Crippen LogP contribution in [0.3, 0.4) is 0 Å². The second-order valence-electron chi connectivity index (χ2n) is 8.90. The number of imide groups is 2. The normalized spacial score (nSPS) is 12.6. The number of hydrogen-bond donors (Lipinski definition) is 2. The Kier molecular flexibility index (Phi) is 7.04. The zero-order chi connectivity index (χ0) is 25.4. The van der Waals surface area contributed by atoms with E-state index >= 15 is 0 Å². The average molecular weight is 497 g/mol. The average Bonchev–Trinajstić information content (AvgIpc) is 2.86. The fourth-order valence-electron chi connectivity index (χ4n) is 4.50. The minimum Gasteiger partial charge on any atom is -0.308 e. The van der Waals surface area contributed by atoms with Crippen LogP contribution in [0.25, 0.3) is 21.5 Å². The molecule has 2 N–H and O–H groups in total. The van der Waals surface area contributed by atoms with Crippen LogP contribution in [-0.2, 0) is 0 Å². The van der Waals surface area contributed by atoms with Gasteiger partial charge in [0.1, 0.15) is 0 Å². The molecule has 37 heavy (non-hydrogen) atoms. The highest BCUT2D eigenvalue weighted by Crippen LogP contribution is 2.38. The van der Waals surface area contributed by atoms with Gasteiger partial charge in [-0.1, -0.05) is 49.9 Å². The number of urea groups is 1. The molecular weight excluding hydrogens is 468 g/mol. The Bertz CT molecular complexity index is 1550. The first-order chi connectivity index (χ1) is 17.3. The number of nitrogens with zero attached hydrogens (tertiary/aromatic N) is 2. The van der Waals surface area contributed by atoms with E-state index in [4.69, 9.17) is 0 Å². The summed E-state index contributed by atoms with van der Waals surface area (Å²) in [5.41, 5.74) is 1.72. The summed E-state index contributed by atoms with van der Waals surface area (Å²) < 4.78 is 0. The van der Waals surface area contributed by atoms with Crippen LogP contribution in [0.1, 0.15) is 38.5 Å². The standard InChI is InChI=1S/C28H24N4O4.CH4/c1-31(2)14-15-32-26(34)20-12-6-10-18-16-21-19(24(23(18)20)27(32)35)11-7-13-22(21)29-28(36)30-25(33)17-8-4-3-5-9-17;/h3-13,16H,14-15H2,1-2H3,(H2,29,30,33,36);1H4. The third kappa shape index (κ3) is 4.66. The Labute approximate surface area is 214 Å². The Hall–Kier alpha value is -4.56. The number of amides is 5. The number of benzene rings is 4. The maximum Gasteiger partial charge on any atom is 0.326 e. The maximum absolute atomic E-state index is 13.6. The summed E-state index contributed by atoms with van der Waals surface area (Å²) in [6, 6.07) is 20.2. The fraction of sp³-hybridized carbons (Fsp3) is 0.172. The lowest BCUT2D eigenvalue weighted by molar-refractivity contribution is 0.0602. The molecule has 4 aromatic rings. The van der Waals surface area contributed by atoms with Gasteiger partial charge in [-0.25, -0.2) is 4.79 Å². The molecule has 0 fully saturated rings. The molecule has 1 aliphatic rings. The van der Waals surface area contributed by atoms with Crippen molar-refractivity contribution >= 4 is 51.0 Å². The summed E-state index contributed by atoms with van der Waals surface area (Å²) in [4.78, 5) is 55.1. The molecule has 8 nitrogen and oxygen atoms in total. The van der Waals surface area contributed by atoms with Gasteiger partial charge in [-0.2, -0.15) is 0 Å². The zero-order valence-electron chi connectivity index (χ0n) is 19.9. The lowest BCUT2D eigenvalue weighted by Gasteiger charge is -2.29. The van der Waals surface area contributed by atoms with Gasteiger partial charge in [-0.3, -0.25) is 24.6 Å². The van der Waals surface area contributed by atoms with Crippen LogP contribution in [0.15, 0.2) is 72.8 Å². The van der Waals surface area contributed by atoms with Gasteiger partial charge in [0.2, 0.25) is 0 Å². The molecule has 0 saturated heterocycles. The Morgan fingerprint density at radius 3 is 2.32 bits per heavy atom. The number of fused-ring (bicyclic) bond motifs is 2. The van der Waals surface area contributed by atoms with E-state index in [9.17, 15) is 19.2 Å². The van der Waals surface area contributed by atoms with Crippen LogP contribution in [0.5, 0.6) is 0 Å². The first kappa shape index (κ1) is 25.5. The minimum absolute atomic E-state index is 0. The highest BCUT2D eigenvalue weighted by atomic mass is 16.2. The quantitative estimate of drug-likeness (QED) is 0.307. The number of carbonyl (C=O) groups excluding carboxylic acids is 4. The van der Waals surface area contributed by atoms with E-state index < -0.39 is 11.9 Å². The monoisotopic (exact) mass is 496 g/mol. The molecule has 0 aliphatic carbocycles. The summed E-state index contributed by atoms with van der Waals surface area (Å²) in [5, 5.41) is 7.66. The van der Waals surface area contributed by atoms with Crippen LogP contribution >= 0.6 is 0 Å². The Morgan fingerprint density at radius 2 is 1.59 bits per heavy atom. The molecule has 1 heterocycles.